The molecule has 5 nitrogen and oxygen atoms in total. The molecule has 0 fully saturated rings. The fraction of sp³-hybridized carbons (Fsp3) is 0.250. The first kappa shape index (κ1) is 9.17. The van der Waals surface area contributed by atoms with Gasteiger partial charge in [-0.25, -0.2) is 4.98 Å². The van der Waals surface area contributed by atoms with E-state index in [2.05, 4.69) is 10.1 Å². The van der Waals surface area contributed by atoms with E-state index in [4.69, 9.17) is 15.0 Å². The van der Waals surface area contributed by atoms with E-state index in [0.717, 1.165) is 5.01 Å². The van der Waals surface area contributed by atoms with Crippen molar-refractivity contribution in [1.29, 1.82) is 0 Å². The van der Waals surface area contributed by atoms with Crippen molar-refractivity contribution >= 4 is 17.0 Å². The Balaban J connectivity index is 2.29. The largest absolute Gasteiger partial charge is 0.394 e. The van der Waals surface area contributed by atoms with Gasteiger partial charge < -0.3 is 15.0 Å². The fourth-order valence-electron chi connectivity index (χ4n) is 1.05. The van der Waals surface area contributed by atoms with Crippen molar-refractivity contribution in [2.75, 3.05) is 12.8 Å². The summed E-state index contributed by atoms with van der Waals surface area (Å²) in [4.78, 5) is 4.28. The minimum atomic E-state index is 0.499. The quantitative estimate of drug-likeness (QED) is 0.833. The van der Waals surface area contributed by atoms with Crippen molar-refractivity contribution < 1.29 is 9.26 Å². The Morgan fingerprint density at radius 1 is 1.64 bits per heavy atom. The Labute approximate surface area is 84.5 Å². The third-order valence-corrected chi connectivity index (χ3v) is 2.47. The molecule has 2 rings (SSSR count). The van der Waals surface area contributed by atoms with E-state index in [1.54, 1.807) is 7.11 Å². The summed E-state index contributed by atoms with van der Waals surface area (Å²) >= 11 is 1.50. The van der Waals surface area contributed by atoms with Crippen molar-refractivity contribution in [2.45, 2.75) is 6.61 Å². The average molecular weight is 211 g/mol. The number of ether oxygens (including phenoxy) is 1. The summed E-state index contributed by atoms with van der Waals surface area (Å²) in [6, 6.07) is 0. The molecule has 2 aromatic heterocycles. The predicted octanol–water partition coefficient (Wildman–Crippen LogP) is 1.53. The van der Waals surface area contributed by atoms with E-state index in [1.165, 1.54) is 17.5 Å². The molecule has 0 aromatic carbocycles. The number of hydrogen-bond donors (Lipinski definition) is 1. The van der Waals surface area contributed by atoms with Crippen LogP contribution in [-0.2, 0) is 11.3 Å². The van der Waals surface area contributed by atoms with Gasteiger partial charge >= 0.3 is 0 Å². The standard InChI is InChI=1S/C8H9N3O2S/c1-12-3-7-11-6(4-14-7)8-5(9)2-10-13-8/h2,4H,3,9H2,1H3. The van der Waals surface area contributed by atoms with E-state index in [-0.39, 0.29) is 0 Å². The number of methoxy groups -OCH3 is 1. The van der Waals surface area contributed by atoms with Gasteiger partial charge in [0.1, 0.15) is 16.4 Å². The summed E-state index contributed by atoms with van der Waals surface area (Å²) in [5, 5.41) is 6.34. The van der Waals surface area contributed by atoms with Crippen LogP contribution in [0.5, 0.6) is 0 Å². The first-order chi connectivity index (χ1) is 6.81. The van der Waals surface area contributed by atoms with E-state index < -0.39 is 0 Å². The number of nitrogen functional groups attached to an aromatic ring is 1. The van der Waals surface area contributed by atoms with Gasteiger partial charge in [0.25, 0.3) is 0 Å². The number of hydrogen-bond acceptors (Lipinski definition) is 6. The maximum Gasteiger partial charge on any atom is 0.208 e. The third-order valence-electron chi connectivity index (χ3n) is 1.65. The van der Waals surface area contributed by atoms with Gasteiger partial charge in [0.2, 0.25) is 5.76 Å². The Kier molecular flexibility index (Phi) is 2.47. The summed E-state index contributed by atoms with van der Waals surface area (Å²) in [5.74, 6) is 0.517. The summed E-state index contributed by atoms with van der Waals surface area (Å²) in [6.07, 6.45) is 1.46. The van der Waals surface area contributed by atoms with E-state index in [0.29, 0.717) is 23.7 Å². The van der Waals surface area contributed by atoms with Crippen LogP contribution < -0.4 is 5.73 Å². The molecular formula is C8H9N3O2S. The smallest absolute Gasteiger partial charge is 0.208 e. The van der Waals surface area contributed by atoms with Crippen LogP contribution in [0.3, 0.4) is 0 Å². The Bertz CT molecular complexity index is 424. The number of nitrogens with two attached hydrogens (primary N) is 1. The lowest BCUT2D eigenvalue weighted by atomic mass is 10.3. The molecule has 0 aliphatic heterocycles. The van der Waals surface area contributed by atoms with Gasteiger partial charge in [-0.1, -0.05) is 5.16 Å². The second-order valence-corrected chi connectivity index (χ2v) is 3.61. The van der Waals surface area contributed by atoms with Crippen LogP contribution in [0.1, 0.15) is 5.01 Å². The molecule has 2 heterocycles. The van der Waals surface area contributed by atoms with Gasteiger partial charge in [-0.15, -0.1) is 11.3 Å². The topological polar surface area (TPSA) is 74.2 Å². The van der Waals surface area contributed by atoms with Gasteiger partial charge in [-0.3, -0.25) is 0 Å². The lowest BCUT2D eigenvalue weighted by molar-refractivity contribution is 0.184. The van der Waals surface area contributed by atoms with Crippen molar-refractivity contribution in [3.05, 3.63) is 16.6 Å². The monoisotopic (exact) mass is 211 g/mol. The molecule has 0 radical (unpaired) electrons. The highest BCUT2D eigenvalue weighted by Crippen LogP contribution is 2.26. The van der Waals surface area contributed by atoms with Crippen molar-refractivity contribution in [2.24, 2.45) is 0 Å². The Morgan fingerprint density at radius 2 is 2.50 bits per heavy atom. The summed E-state index contributed by atoms with van der Waals surface area (Å²) in [5.41, 5.74) is 6.84. The number of thiazole rings is 1. The second-order valence-electron chi connectivity index (χ2n) is 2.67. The maximum atomic E-state index is 5.63. The van der Waals surface area contributed by atoms with Gasteiger partial charge in [0.15, 0.2) is 0 Å². The van der Waals surface area contributed by atoms with Crippen LogP contribution in [0.4, 0.5) is 5.69 Å². The molecule has 0 spiro atoms. The molecule has 0 unspecified atom stereocenters. The molecule has 74 valence electrons. The molecule has 0 bridgehead atoms. The molecule has 0 saturated heterocycles. The minimum absolute atomic E-state index is 0.499. The van der Waals surface area contributed by atoms with Gasteiger partial charge in [-0.2, -0.15) is 0 Å². The highest BCUT2D eigenvalue weighted by atomic mass is 32.1. The number of aromatic nitrogens is 2. The zero-order chi connectivity index (χ0) is 9.97. The molecule has 0 atom stereocenters. The number of rotatable bonds is 3. The third kappa shape index (κ3) is 1.61. The van der Waals surface area contributed by atoms with Crippen LogP contribution in [-0.4, -0.2) is 17.3 Å². The SMILES string of the molecule is COCc1nc(-c2oncc2N)cs1. The fourth-order valence-corrected chi connectivity index (χ4v) is 1.79. The van der Waals surface area contributed by atoms with E-state index in [9.17, 15) is 0 Å². The highest BCUT2D eigenvalue weighted by molar-refractivity contribution is 7.09. The second kappa shape index (κ2) is 3.77. The number of anilines is 1. The number of nitrogens with zero attached hydrogens (tertiary/aromatic N) is 2. The van der Waals surface area contributed by atoms with Crippen LogP contribution in [0.2, 0.25) is 0 Å². The van der Waals surface area contributed by atoms with Crippen molar-refractivity contribution in [1.82, 2.24) is 10.1 Å². The van der Waals surface area contributed by atoms with Crippen LogP contribution >= 0.6 is 11.3 Å². The summed E-state index contributed by atoms with van der Waals surface area (Å²) < 4.78 is 9.93. The normalized spacial score (nSPS) is 10.6. The molecule has 2 N–H and O–H groups in total. The Hall–Kier alpha value is -1.40. The molecule has 0 amide bonds. The van der Waals surface area contributed by atoms with E-state index >= 15 is 0 Å². The summed E-state index contributed by atoms with van der Waals surface area (Å²) in [7, 11) is 1.63. The Morgan fingerprint density at radius 3 is 3.14 bits per heavy atom. The van der Waals surface area contributed by atoms with Gasteiger partial charge in [-0.05, 0) is 0 Å². The van der Waals surface area contributed by atoms with Gasteiger partial charge in [0.05, 0.1) is 12.8 Å². The van der Waals surface area contributed by atoms with Crippen LogP contribution in [0, 0.1) is 0 Å². The first-order valence-corrected chi connectivity index (χ1v) is 4.83. The molecule has 14 heavy (non-hydrogen) atoms. The zero-order valence-corrected chi connectivity index (χ0v) is 8.37. The molecular weight excluding hydrogens is 202 g/mol. The van der Waals surface area contributed by atoms with Crippen molar-refractivity contribution in [3.8, 4) is 11.5 Å². The first-order valence-electron chi connectivity index (χ1n) is 3.95. The van der Waals surface area contributed by atoms with Crippen LogP contribution in [0.15, 0.2) is 16.1 Å². The average Bonchev–Trinajstić information content (AvgIpc) is 2.74. The maximum absolute atomic E-state index is 5.63. The lowest BCUT2D eigenvalue weighted by Crippen LogP contribution is -1.87. The molecule has 0 aliphatic rings. The highest BCUT2D eigenvalue weighted by Gasteiger charge is 2.11. The van der Waals surface area contributed by atoms with Crippen LogP contribution in [0.25, 0.3) is 11.5 Å². The predicted molar refractivity (Wildman–Crippen MR) is 52.7 cm³/mol. The lowest BCUT2D eigenvalue weighted by Gasteiger charge is -1.91. The van der Waals surface area contributed by atoms with E-state index in [1.807, 2.05) is 5.38 Å². The molecule has 2 aromatic rings. The molecule has 0 aliphatic carbocycles. The van der Waals surface area contributed by atoms with Gasteiger partial charge in [0, 0.05) is 12.5 Å². The molecule has 6 heteroatoms. The molecule has 0 saturated carbocycles. The van der Waals surface area contributed by atoms with Crippen molar-refractivity contribution in [3.63, 3.8) is 0 Å². The minimum Gasteiger partial charge on any atom is -0.394 e. The zero-order valence-electron chi connectivity index (χ0n) is 7.56. The summed E-state index contributed by atoms with van der Waals surface area (Å²) in [6.45, 7) is 0.499.